The van der Waals surface area contributed by atoms with Crippen LogP contribution in [0.3, 0.4) is 0 Å². The number of nitrogens with zero attached hydrogens (tertiary/aromatic N) is 4. The molecule has 0 aliphatic carbocycles. The molecule has 0 atom stereocenters. The fraction of sp³-hybridized carbons (Fsp3) is 0.526. The molecule has 0 spiro atoms. The second kappa shape index (κ2) is 8.00. The number of aryl methyl sites for hydroxylation is 2. The van der Waals surface area contributed by atoms with Crippen molar-refractivity contribution in [1.82, 2.24) is 24.4 Å². The molecule has 1 aliphatic rings. The van der Waals surface area contributed by atoms with E-state index < -0.39 is 10.0 Å². The van der Waals surface area contributed by atoms with Gasteiger partial charge in [0.2, 0.25) is 15.9 Å². The first kappa shape index (κ1) is 20.5. The number of rotatable bonds is 6. The lowest BCUT2D eigenvalue weighted by Crippen LogP contribution is -2.35. The van der Waals surface area contributed by atoms with Gasteiger partial charge < -0.3 is 5.32 Å². The van der Waals surface area contributed by atoms with E-state index in [9.17, 15) is 13.2 Å². The van der Waals surface area contributed by atoms with E-state index in [1.807, 2.05) is 31.5 Å². The van der Waals surface area contributed by atoms with Gasteiger partial charge in [0.1, 0.15) is 0 Å². The van der Waals surface area contributed by atoms with Gasteiger partial charge in [-0.15, -0.1) is 0 Å². The number of hydrogen-bond acceptors (Lipinski definition) is 5. The van der Waals surface area contributed by atoms with Crippen molar-refractivity contribution in [2.24, 2.45) is 0 Å². The smallest absolute Gasteiger partial charge is 0.222 e. The van der Waals surface area contributed by atoms with Crippen LogP contribution in [0.5, 0.6) is 0 Å². The van der Waals surface area contributed by atoms with Crippen LogP contribution in [0.2, 0.25) is 0 Å². The molecule has 0 bridgehead atoms. The van der Waals surface area contributed by atoms with Crippen LogP contribution in [0.4, 0.5) is 0 Å². The number of amides is 1. The summed E-state index contributed by atoms with van der Waals surface area (Å²) in [6, 6.07) is 1.93. The molecule has 3 heterocycles. The molecule has 0 aromatic carbocycles. The standard InChI is InChI=1S/C19H27N5O3S/c1-13-14(2)22-24(15(13)3)8-6-19(25)21-11-16-9-17-12-23(28(4,26)27)7-5-18(17)20-10-16/h9-10H,5-8,11-12H2,1-4H3,(H,21,25). The van der Waals surface area contributed by atoms with Gasteiger partial charge in [-0.25, -0.2) is 8.42 Å². The quantitative estimate of drug-likeness (QED) is 0.780. The second-order valence-corrected chi connectivity index (χ2v) is 9.32. The van der Waals surface area contributed by atoms with E-state index in [1.54, 1.807) is 6.20 Å². The molecule has 28 heavy (non-hydrogen) atoms. The first-order valence-electron chi connectivity index (χ1n) is 9.34. The Bertz CT molecular complexity index is 997. The summed E-state index contributed by atoms with van der Waals surface area (Å²) in [4.78, 5) is 16.6. The molecule has 0 saturated carbocycles. The molecule has 9 heteroatoms. The number of carbonyl (C=O) groups is 1. The van der Waals surface area contributed by atoms with E-state index in [0.29, 0.717) is 39.0 Å². The minimum absolute atomic E-state index is 0.0549. The fourth-order valence-electron chi connectivity index (χ4n) is 3.33. The maximum Gasteiger partial charge on any atom is 0.222 e. The van der Waals surface area contributed by atoms with Gasteiger partial charge in [-0.3, -0.25) is 14.5 Å². The number of fused-ring (bicyclic) bond motifs is 1. The molecule has 0 fully saturated rings. The van der Waals surface area contributed by atoms with Gasteiger partial charge in [0.05, 0.1) is 11.9 Å². The van der Waals surface area contributed by atoms with Crippen molar-refractivity contribution in [3.05, 3.63) is 46.0 Å². The average molecular weight is 406 g/mol. The zero-order valence-electron chi connectivity index (χ0n) is 16.8. The number of aromatic nitrogens is 3. The minimum Gasteiger partial charge on any atom is -0.352 e. The second-order valence-electron chi connectivity index (χ2n) is 7.34. The van der Waals surface area contributed by atoms with Crippen LogP contribution in [-0.2, 0) is 40.9 Å². The Morgan fingerprint density at radius 3 is 2.68 bits per heavy atom. The summed E-state index contributed by atoms with van der Waals surface area (Å²) >= 11 is 0. The molecule has 2 aromatic rings. The van der Waals surface area contributed by atoms with Crippen LogP contribution in [0.15, 0.2) is 12.3 Å². The van der Waals surface area contributed by atoms with Crippen LogP contribution in [0.25, 0.3) is 0 Å². The summed E-state index contributed by atoms with van der Waals surface area (Å²) in [6.45, 7) is 7.70. The molecule has 1 amide bonds. The molecular weight excluding hydrogens is 378 g/mol. The lowest BCUT2D eigenvalue weighted by Gasteiger charge is -2.26. The first-order valence-corrected chi connectivity index (χ1v) is 11.2. The van der Waals surface area contributed by atoms with Gasteiger partial charge in [-0.1, -0.05) is 0 Å². The predicted octanol–water partition coefficient (Wildman–Crippen LogP) is 1.23. The number of pyridine rings is 1. The summed E-state index contributed by atoms with van der Waals surface area (Å²) in [7, 11) is -3.22. The Morgan fingerprint density at radius 2 is 2.04 bits per heavy atom. The van der Waals surface area contributed by atoms with Crippen LogP contribution >= 0.6 is 0 Å². The van der Waals surface area contributed by atoms with Gasteiger partial charge in [0, 0.05) is 56.6 Å². The third-order valence-corrected chi connectivity index (χ3v) is 6.56. The highest BCUT2D eigenvalue weighted by Crippen LogP contribution is 2.20. The van der Waals surface area contributed by atoms with Crippen molar-refractivity contribution in [1.29, 1.82) is 0 Å². The zero-order valence-corrected chi connectivity index (χ0v) is 17.6. The maximum absolute atomic E-state index is 12.2. The molecule has 0 unspecified atom stereocenters. The SMILES string of the molecule is Cc1nn(CCC(=O)NCc2cnc3c(c2)CN(S(C)(=O)=O)CC3)c(C)c1C. The van der Waals surface area contributed by atoms with E-state index in [0.717, 1.165) is 33.8 Å². The molecule has 1 aliphatic heterocycles. The maximum atomic E-state index is 12.2. The Labute approximate surface area is 166 Å². The first-order chi connectivity index (χ1) is 13.1. The lowest BCUT2D eigenvalue weighted by atomic mass is 10.1. The molecule has 8 nitrogen and oxygen atoms in total. The normalized spacial score (nSPS) is 14.7. The number of sulfonamides is 1. The van der Waals surface area contributed by atoms with Crippen LogP contribution in [0.1, 0.15) is 40.2 Å². The van der Waals surface area contributed by atoms with E-state index in [1.165, 1.54) is 10.6 Å². The minimum atomic E-state index is -3.22. The van der Waals surface area contributed by atoms with Crippen molar-refractivity contribution in [2.75, 3.05) is 12.8 Å². The average Bonchev–Trinajstić information content (AvgIpc) is 2.90. The fourth-order valence-corrected chi connectivity index (χ4v) is 4.13. The summed E-state index contributed by atoms with van der Waals surface area (Å²) in [5.74, 6) is -0.0549. The van der Waals surface area contributed by atoms with Gasteiger partial charge in [0.15, 0.2) is 0 Å². The molecular formula is C19H27N5O3S. The highest BCUT2D eigenvalue weighted by Gasteiger charge is 2.24. The monoisotopic (exact) mass is 405 g/mol. The number of carbonyl (C=O) groups excluding carboxylic acids is 1. The van der Waals surface area contributed by atoms with Crippen molar-refractivity contribution in [3.63, 3.8) is 0 Å². The third kappa shape index (κ3) is 4.59. The van der Waals surface area contributed by atoms with Crippen molar-refractivity contribution in [3.8, 4) is 0 Å². The van der Waals surface area contributed by atoms with Gasteiger partial charge in [-0.2, -0.15) is 9.40 Å². The van der Waals surface area contributed by atoms with Gasteiger partial charge in [0.25, 0.3) is 0 Å². The van der Waals surface area contributed by atoms with Gasteiger partial charge in [-0.05, 0) is 43.5 Å². The van der Waals surface area contributed by atoms with Crippen LogP contribution in [0, 0.1) is 20.8 Å². The third-order valence-electron chi connectivity index (χ3n) is 5.31. The predicted molar refractivity (Wildman–Crippen MR) is 106 cm³/mol. The van der Waals surface area contributed by atoms with E-state index >= 15 is 0 Å². The molecule has 1 N–H and O–H groups in total. The highest BCUT2D eigenvalue weighted by molar-refractivity contribution is 7.88. The van der Waals surface area contributed by atoms with E-state index in [2.05, 4.69) is 15.4 Å². The lowest BCUT2D eigenvalue weighted by molar-refractivity contribution is -0.121. The van der Waals surface area contributed by atoms with Crippen molar-refractivity contribution >= 4 is 15.9 Å². The Morgan fingerprint density at radius 1 is 1.29 bits per heavy atom. The van der Waals surface area contributed by atoms with E-state index in [-0.39, 0.29) is 5.91 Å². The topological polar surface area (TPSA) is 97.2 Å². The Kier molecular flexibility index (Phi) is 5.85. The van der Waals surface area contributed by atoms with Crippen LogP contribution in [-0.4, -0.2) is 46.2 Å². The summed E-state index contributed by atoms with van der Waals surface area (Å²) in [6.07, 6.45) is 3.93. The molecule has 3 rings (SSSR count). The Balaban J connectivity index is 1.56. The summed E-state index contributed by atoms with van der Waals surface area (Å²) in [5.41, 5.74) is 5.92. The Hall–Kier alpha value is -2.26. The summed E-state index contributed by atoms with van der Waals surface area (Å²) in [5, 5.41) is 7.35. The highest BCUT2D eigenvalue weighted by atomic mass is 32.2. The summed E-state index contributed by atoms with van der Waals surface area (Å²) < 4.78 is 26.9. The molecule has 2 aromatic heterocycles. The molecule has 0 saturated heterocycles. The molecule has 0 radical (unpaired) electrons. The number of hydrogen-bond donors (Lipinski definition) is 1. The van der Waals surface area contributed by atoms with E-state index in [4.69, 9.17) is 0 Å². The van der Waals surface area contributed by atoms with Crippen molar-refractivity contribution in [2.45, 2.75) is 53.2 Å². The van der Waals surface area contributed by atoms with Gasteiger partial charge >= 0.3 is 0 Å². The molecule has 152 valence electrons. The largest absolute Gasteiger partial charge is 0.352 e. The van der Waals surface area contributed by atoms with Crippen LogP contribution < -0.4 is 5.32 Å². The zero-order chi connectivity index (χ0) is 20.5. The number of nitrogens with one attached hydrogen (secondary N) is 1. The van der Waals surface area contributed by atoms with Crippen molar-refractivity contribution < 1.29 is 13.2 Å².